The van der Waals surface area contributed by atoms with Crippen molar-refractivity contribution in [2.45, 2.75) is 19.0 Å². The van der Waals surface area contributed by atoms with Crippen LogP contribution in [0.3, 0.4) is 0 Å². The molecule has 6 heteroatoms. The van der Waals surface area contributed by atoms with E-state index in [9.17, 15) is 13.2 Å². The molecule has 0 saturated carbocycles. The number of hydrogen-bond donors (Lipinski definition) is 1. The lowest BCUT2D eigenvalue weighted by atomic mass is 10.1. The van der Waals surface area contributed by atoms with Crippen LogP contribution in [-0.2, 0) is 6.18 Å². The molecule has 1 unspecified atom stereocenters. The molecule has 0 saturated heterocycles. The molecule has 0 fully saturated rings. The van der Waals surface area contributed by atoms with Crippen molar-refractivity contribution in [2.75, 3.05) is 6.54 Å². The number of nitrogens with zero attached hydrogens (tertiary/aromatic N) is 1. The summed E-state index contributed by atoms with van der Waals surface area (Å²) in [5.74, 6) is 0.209. The zero-order valence-corrected chi connectivity index (χ0v) is 11.1. The summed E-state index contributed by atoms with van der Waals surface area (Å²) >= 11 is 1.46. The summed E-state index contributed by atoms with van der Waals surface area (Å²) in [5, 5.41) is 0.712. The fourth-order valence-corrected chi connectivity index (χ4v) is 2.55. The van der Waals surface area contributed by atoms with Crippen molar-refractivity contribution in [1.82, 2.24) is 4.98 Å². The molecular formula is C13H13F3N2S. The minimum absolute atomic E-state index is 0.209. The van der Waals surface area contributed by atoms with Gasteiger partial charge in [-0.3, -0.25) is 0 Å². The average Bonchev–Trinajstić information content (AvgIpc) is 2.86. The molecule has 2 nitrogen and oxygen atoms in total. The first-order valence-electron chi connectivity index (χ1n) is 5.75. The molecule has 0 bridgehead atoms. The predicted octanol–water partition coefficient (Wildman–Crippen LogP) is 3.89. The van der Waals surface area contributed by atoms with Gasteiger partial charge in [-0.25, -0.2) is 4.98 Å². The van der Waals surface area contributed by atoms with Gasteiger partial charge in [-0.2, -0.15) is 13.2 Å². The van der Waals surface area contributed by atoms with Gasteiger partial charge in [-0.15, -0.1) is 11.3 Å². The minimum Gasteiger partial charge on any atom is -0.330 e. The molecule has 2 aromatic rings. The summed E-state index contributed by atoms with van der Waals surface area (Å²) in [6, 6.07) is 5.03. The van der Waals surface area contributed by atoms with Gasteiger partial charge in [0, 0.05) is 22.6 Å². The highest BCUT2D eigenvalue weighted by molar-refractivity contribution is 7.15. The first-order valence-corrected chi connectivity index (χ1v) is 6.57. The second-order valence-electron chi connectivity index (χ2n) is 4.28. The molecule has 19 heavy (non-hydrogen) atoms. The lowest BCUT2D eigenvalue weighted by Crippen LogP contribution is -2.07. The van der Waals surface area contributed by atoms with E-state index >= 15 is 0 Å². The first-order chi connectivity index (χ1) is 8.91. The zero-order valence-electron chi connectivity index (χ0n) is 10.2. The maximum absolute atomic E-state index is 12.5. The Labute approximate surface area is 113 Å². The van der Waals surface area contributed by atoms with Crippen molar-refractivity contribution in [3.8, 4) is 10.6 Å². The van der Waals surface area contributed by atoms with Gasteiger partial charge in [-0.1, -0.05) is 19.1 Å². The molecule has 2 N–H and O–H groups in total. The summed E-state index contributed by atoms with van der Waals surface area (Å²) in [7, 11) is 0. The standard InChI is InChI=1S/C13H13F3N2S/c1-8(6-17)11-7-18-12(19-11)9-2-4-10(5-3-9)13(14,15)16/h2-5,7-8H,6,17H2,1H3. The Kier molecular flexibility index (Phi) is 3.91. The monoisotopic (exact) mass is 286 g/mol. The fourth-order valence-electron chi connectivity index (χ4n) is 1.57. The second kappa shape index (κ2) is 5.30. The third kappa shape index (κ3) is 3.13. The molecule has 0 radical (unpaired) electrons. The number of aromatic nitrogens is 1. The van der Waals surface area contributed by atoms with Crippen LogP contribution in [0.1, 0.15) is 23.3 Å². The molecule has 0 aliphatic carbocycles. The summed E-state index contributed by atoms with van der Waals surface area (Å²) < 4.78 is 37.4. The Balaban J connectivity index is 2.25. The second-order valence-corrected chi connectivity index (χ2v) is 5.34. The van der Waals surface area contributed by atoms with Gasteiger partial charge in [0.2, 0.25) is 0 Å². The summed E-state index contributed by atoms with van der Waals surface area (Å²) in [4.78, 5) is 5.27. The van der Waals surface area contributed by atoms with Crippen molar-refractivity contribution in [3.05, 3.63) is 40.9 Å². The van der Waals surface area contributed by atoms with Gasteiger partial charge in [0.05, 0.1) is 5.56 Å². The Bertz CT molecular complexity index is 546. The summed E-state index contributed by atoms with van der Waals surface area (Å²) in [6.45, 7) is 2.51. The van der Waals surface area contributed by atoms with Crippen molar-refractivity contribution in [3.63, 3.8) is 0 Å². The van der Waals surface area contributed by atoms with Crippen LogP contribution in [0.2, 0.25) is 0 Å². The number of benzene rings is 1. The van der Waals surface area contributed by atoms with Gasteiger partial charge >= 0.3 is 6.18 Å². The summed E-state index contributed by atoms with van der Waals surface area (Å²) in [6.07, 6.45) is -2.57. The fraction of sp³-hybridized carbons (Fsp3) is 0.308. The molecule has 0 aliphatic rings. The van der Waals surface area contributed by atoms with Crippen molar-refractivity contribution in [2.24, 2.45) is 5.73 Å². The molecule has 2 rings (SSSR count). The normalized spacial score (nSPS) is 13.5. The number of halogens is 3. The lowest BCUT2D eigenvalue weighted by molar-refractivity contribution is -0.137. The summed E-state index contributed by atoms with van der Waals surface area (Å²) in [5.41, 5.74) is 5.61. The predicted molar refractivity (Wildman–Crippen MR) is 70.0 cm³/mol. The number of hydrogen-bond acceptors (Lipinski definition) is 3. The molecule has 1 atom stereocenters. The highest BCUT2D eigenvalue weighted by Crippen LogP contribution is 2.33. The van der Waals surface area contributed by atoms with Gasteiger partial charge in [-0.05, 0) is 18.7 Å². The van der Waals surface area contributed by atoms with Gasteiger partial charge in [0.15, 0.2) is 0 Å². The Morgan fingerprint density at radius 3 is 2.42 bits per heavy atom. The van der Waals surface area contributed by atoms with Crippen LogP contribution in [0.5, 0.6) is 0 Å². The quantitative estimate of drug-likeness (QED) is 0.929. The molecule has 1 aromatic heterocycles. The van der Waals surface area contributed by atoms with E-state index in [-0.39, 0.29) is 5.92 Å². The largest absolute Gasteiger partial charge is 0.416 e. The highest BCUT2D eigenvalue weighted by atomic mass is 32.1. The molecule has 0 spiro atoms. The van der Waals surface area contributed by atoms with E-state index in [4.69, 9.17) is 5.73 Å². The van der Waals surface area contributed by atoms with Crippen molar-refractivity contribution < 1.29 is 13.2 Å². The van der Waals surface area contributed by atoms with E-state index in [0.717, 1.165) is 17.0 Å². The molecule has 102 valence electrons. The van der Waals surface area contributed by atoms with E-state index in [1.54, 1.807) is 6.20 Å². The van der Waals surface area contributed by atoms with E-state index < -0.39 is 11.7 Å². The van der Waals surface area contributed by atoms with E-state index in [1.807, 2.05) is 6.92 Å². The Hall–Kier alpha value is -1.40. The number of rotatable bonds is 3. The van der Waals surface area contributed by atoms with E-state index in [0.29, 0.717) is 17.1 Å². The molecule has 1 heterocycles. The third-order valence-corrected chi connectivity index (χ3v) is 4.10. The minimum atomic E-state index is -4.30. The van der Waals surface area contributed by atoms with Crippen LogP contribution in [0.4, 0.5) is 13.2 Å². The lowest BCUT2D eigenvalue weighted by Gasteiger charge is -2.06. The van der Waals surface area contributed by atoms with E-state index in [2.05, 4.69) is 4.98 Å². The molecular weight excluding hydrogens is 273 g/mol. The molecule has 1 aromatic carbocycles. The highest BCUT2D eigenvalue weighted by Gasteiger charge is 2.30. The Morgan fingerprint density at radius 2 is 1.89 bits per heavy atom. The topological polar surface area (TPSA) is 38.9 Å². The van der Waals surface area contributed by atoms with Crippen LogP contribution in [0.15, 0.2) is 30.5 Å². The number of nitrogens with two attached hydrogens (primary N) is 1. The maximum atomic E-state index is 12.5. The molecule has 0 amide bonds. The van der Waals surface area contributed by atoms with Crippen LogP contribution >= 0.6 is 11.3 Å². The van der Waals surface area contributed by atoms with Gasteiger partial charge in [0.25, 0.3) is 0 Å². The first kappa shape index (κ1) is 14.0. The van der Waals surface area contributed by atoms with Crippen LogP contribution < -0.4 is 5.73 Å². The number of alkyl halides is 3. The molecule has 0 aliphatic heterocycles. The van der Waals surface area contributed by atoms with Crippen LogP contribution in [0, 0.1) is 0 Å². The van der Waals surface area contributed by atoms with Crippen LogP contribution in [-0.4, -0.2) is 11.5 Å². The average molecular weight is 286 g/mol. The third-order valence-electron chi connectivity index (χ3n) is 2.82. The maximum Gasteiger partial charge on any atom is 0.416 e. The smallest absolute Gasteiger partial charge is 0.330 e. The number of thiazole rings is 1. The van der Waals surface area contributed by atoms with Crippen LogP contribution in [0.25, 0.3) is 10.6 Å². The Morgan fingerprint density at radius 1 is 1.26 bits per heavy atom. The van der Waals surface area contributed by atoms with Gasteiger partial charge in [0.1, 0.15) is 5.01 Å². The SMILES string of the molecule is CC(CN)c1cnc(-c2ccc(C(F)(F)F)cc2)s1. The van der Waals surface area contributed by atoms with Crippen molar-refractivity contribution >= 4 is 11.3 Å². The zero-order chi connectivity index (χ0) is 14.0. The van der Waals surface area contributed by atoms with Gasteiger partial charge < -0.3 is 5.73 Å². The van der Waals surface area contributed by atoms with E-state index in [1.165, 1.54) is 23.5 Å². The van der Waals surface area contributed by atoms with Crippen molar-refractivity contribution in [1.29, 1.82) is 0 Å².